The molecule has 7 rings (SSSR count). The van der Waals surface area contributed by atoms with Gasteiger partial charge in [0, 0.05) is 42.0 Å². The van der Waals surface area contributed by atoms with E-state index < -0.39 is 5.79 Å². The van der Waals surface area contributed by atoms with Crippen molar-refractivity contribution in [2.75, 3.05) is 18.5 Å². The first-order valence-electron chi connectivity index (χ1n) is 20.4. The van der Waals surface area contributed by atoms with Gasteiger partial charge in [0.05, 0.1) is 25.1 Å². The minimum atomic E-state index is -0.410. The third kappa shape index (κ3) is 9.30. The van der Waals surface area contributed by atoms with Crippen molar-refractivity contribution in [3.63, 3.8) is 0 Å². The number of aldehydes is 1. The van der Waals surface area contributed by atoms with Crippen LogP contribution in [0.25, 0.3) is 0 Å². The minimum absolute atomic E-state index is 0.0288. The van der Waals surface area contributed by atoms with Crippen LogP contribution in [0.5, 0.6) is 0 Å². The molecule has 288 valence electrons. The Balaban J connectivity index is 0.000000847. The van der Waals surface area contributed by atoms with E-state index in [4.69, 9.17) is 9.47 Å². The third-order valence-corrected chi connectivity index (χ3v) is 12.3. The molecular weight excluding hydrogens is 657 g/mol. The standard InChI is InChI=1S/C41H54N2O4.C3H8.C3H4/c1-5-6-37(43-31-14-9-28(24-44)10-15-31)42-23-27-7-11-29(12-8-27)34-22-40(4)35(17-18-36(40)45)33-16-13-30-21-41(20-19-32(30)38(33)34)46-25-39(2,3)26-47-41;2*1-3-2/h6-12,14-15,24,30,33-36,42-43,45H,5,13,16-23,25-26H2,1-4H3;3H2,1-2H3;1H,2H3/b37-6-;;. The van der Waals surface area contributed by atoms with Crippen LogP contribution in [-0.4, -0.2) is 36.5 Å². The molecule has 6 atom stereocenters. The summed E-state index contributed by atoms with van der Waals surface area (Å²) in [5.74, 6) is 4.82. The van der Waals surface area contributed by atoms with Crippen molar-refractivity contribution in [2.24, 2.45) is 28.6 Å². The summed E-state index contributed by atoms with van der Waals surface area (Å²) in [7, 11) is 0. The highest BCUT2D eigenvalue weighted by molar-refractivity contribution is 5.75. The van der Waals surface area contributed by atoms with Crippen molar-refractivity contribution < 1.29 is 19.4 Å². The maximum Gasteiger partial charge on any atom is 0.169 e. The molecule has 3 N–H and O–H groups in total. The lowest BCUT2D eigenvalue weighted by atomic mass is 9.52. The predicted octanol–water partition coefficient (Wildman–Crippen LogP) is 10.5. The van der Waals surface area contributed by atoms with Gasteiger partial charge in [-0.15, -0.1) is 12.3 Å². The molecule has 6 heteroatoms. The Morgan fingerprint density at radius 2 is 1.62 bits per heavy atom. The number of nitrogens with one attached hydrogen (secondary N) is 2. The number of anilines is 1. The Bertz CT molecular complexity index is 1610. The van der Waals surface area contributed by atoms with Gasteiger partial charge in [0.25, 0.3) is 0 Å². The fourth-order valence-electron chi connectivity index (χ4n) is 9.74. The summed E-state index contributed by atoms with van der Waals surface area (Å²) in [6.07, 6.45) is 18.1. The van der Waals surface area contributed by atoms with Gasteiger partial charge in [0.15, 0.2) is 5.79 Å². The van der Waals surface area contributed by atoms with Crippen LogP contribution < -0.4 is 10.6 Å². The molecule has 4 fully saturated rings. The number of carbonyl (C=O) groups is 1. The third-order valence-electron chi connectivity index (χ3n) is 12.3. The number of aliphatic hydroxyl groups excluding tert-OH is 1. The zero-order valence-electron chi connectivity index (χ0n) is 33.6. The fourth-order valence-corrected chi connectivity index (χ4v) is 9.74. The lowest BCUT2D eigenvalue weighted by molar-refractivity contribution is -0.312. The molecule has 2 aromatic carbocycles. The fraction of sp³-hybridized carbons (Fsp3) is 0.596. The highest BCUT2D eigenvalue weighted by Gasteiger charge is 2.57. The highest BCUT2D eigenvalue weighted by Crippen LogP contribution is 2.65. The number of aliphatic hydroxyl groups is 1. The second kappa shape index (κ2) is 17.8. The molecule has 1 spiro atoms. The Labute approximate surface area is 320 Å². The van der Waals surface area contributed by atoms with E-state index in [1.807, 2.05) is 24.3 Å². The summed E-state index contributed by atoms with van der Waals surface area (Å²) < 4.78 is 13.0. The highest BCUT2D eigenvalue weighted by atomic mass is 16.7. The summed E-state index contributed by atoms with van der Waals surface area (Å²) in [6.45, 7) is 17.1. The van der Waals surface area contributed by atoms with Crippen molar-refractivity contribution in [1.82, 2.24) is 5.32 Å². The van der Waals surface area contributed by atoms with Gasteiger partial charge in [-0.1, -0.05) is 83.4 Å². The summed E-state index contributed by atoms with van der Waals surface area (Å²) in [5, 5.41) is 18.4. The molecule has 0 radical (unpaired) electrons. The Morgan fingerprint density at radius 3 is 2.25 bits per heavy atom. The molecule has 1 aliphatic heterocycles. The van der Waals surface area contributed by atoms with Crippen LogP contribution in [0.4, 0.5) is 5.69 Å². The van der Waals surface area contributed by atoms with E-state index >= 15 is 0 Å². The predicted molar refractivity (Wildman–Crippen MR) is 217 cm³/mol. The van der Waals surface area contributed by atoms with Crippen molar-refractivity contribution in [3.8, 4) is 12.3 Å². The molecule has 6 nitrogen and oxygen atoms in total. The SMILES string of the molecule is C#CC.CC/C=C(/NCc1ccc(C2CC3(C)C(O)CCC3C3CCC4CC5(CCC4=C23)OCC(C)(C)CO5)cc1)Nc1ccc(C=O)cc1.CCC. The number of terminal acetylenes is 1. The van der Waals surface area contributed by atoms with E-state index in [0.717, 1.165) is 76.0 Å². The molecule has 1 heterocycles. The van der Waals surface area contributed by atoms with Crippen LogP contribution in [0.3, 0.4) is 0 Å². The van der Waals surface area contributed by atoms with Crippen molar-refractivity contribution in [2.45, 2.75) is 137 Å². The zero-order chi connectivity index (χ0) is 38.2. The van der Waals surface area contributed by atoms with Crippen LogP contribution in [-0.2, 0) is 16.0 Å². The summed E-state index contributed by atoms with van der Waals surface area (Å²) in [5.41, 5.74) is 7.72. The first-order valence-corrected chi connectivity index (χ1v) is 20.4. The van der Waals surface area contributed by atoms with Crippen LogP contribution in [0.15, 0.2) is 71.6 Å². The summed E-state index contributed by atoms with van der Waals surface area (Å²) in [4.78, 5) is 11.0. The average Bonchev–Trinajstić information content (AvgIpc) is 3.46. The van der Waals surface area contributed by atoms with Crippen molar-refractivity contribution in [3.05, 3.63) is 88.3 Å². The van der Waals surface area contributed by atoms with Crippen LogP contribution >= 0.6 is 0 Å². The largest absolute Gasteiger partial charge is 0.393 e. The number of hydrogen-bond acceptors (Lipinski definition) is 6. The van der Waals surface area contributed by atoms with Gasteiger partial charge in [0.1, 0.15) is 6.29 Å². The molecule has 3 saturated carbocycles. The summed E-state index contributed by atoms with van der Waals surface area (Å²) >= 11 is 0. The van der Waals surface area contributed by atoms with E-state index in [1.54, 1.807) is 18.1 Å². The second-order valence-electron chi connectivity index (χ2n) is 17.2. The number of rotatable bonds is 8. The maximum absolute atomic E-state index is 11.3. The topological polar surface area (TPSA) is 79.8 Å². The monoisotopic (exact) mass is 723 g/mol. The Morgan fingerprint density at radius 1 is 0.962 bits per heavy atom. The van der Waals surface area contributed by atoms with Crippen molar-refractivity contribution >= 4 is 12.0 Å². The lowest BCUT2D eigenvalue weighted by Crippen LogP contribution is -2.52. The molecule has 5 aliphatic rings. The van der Waals surface area contributed by atoms with Gasteiger partial charge in [-0.2, -0.15) is 0 Å². The van der Waals surface area contributed by atoms with Crippen LogP contribution in [0.1, 0.15) is 140 Å². The van der Waals surface area contributed by atoms with Gasteiger partial charge < -0.3 is 25.2 Å². The van der Waals surface area contributed by atoms with Crippen LogP contribution in [0.2, 0.25) is 0 Å². The van der Waals surface area contributed by atoms with Gasteiger partial charge >= 0.3 is 0 Å². The van der Waals surface area contributed by atoms with Crippen LogP contribution in [0, 0.1) is 40.9 Å². The first-order chi connectivity index (χ1) is 25.4. The number of fused-ring (bicyclic) bond motifs is 4. The molecule has 4 aliphatic carbocycles. The minimum Gasteiger partial charge on any atom is -0.393 e. The molecule has 0 bridgehead atoms. The average molecular weight is 723 g/mol. The van der Waals surface area contributed by atoms with E-state index in [9.17, 15) is 9.90 Å². The molecule has 6 unspecified atom stereocenters. The second-order valence-corrected chi connectivity index (χ2v) is 17.2. The van der Waals surface area contributed by atoms with Crippen molar-refractivity contribution in [1.29, 1.82) is 0 Å². The Kier molecular flexibility index (Phi) is 13.7. The maximum atomic E-state index is 11.3. The molecule has 1 saturated heterocycles. The molecule has 2 aromatic rings. The molecule has 0 amide bonds. The molecular formula is C47H66N2O4. The summed E-state index contributed by atoms with van der Waals surface area (Å²) in [6, 6.07) is 16.8. The zero-order valence-corrected chi connectivity index (χ0v) is 33.6. The van der Waals surface area contributed by atoms with E-state index in [2.05, 4.69) is 94.9 Å². The molecule has 0 aromatic heterocycles. The Hall–Kier alpha value is -3.37. The van der Waals surface area contributed by atoms with E-state index in [1.165, 1.54) is 30.4 Å². The first kappa shape index (κ1) is 40.8. The normalized spacial score (nSPS) is 29.5. The van der Waals surface area contributed by atoms with Gasteiger partial charge in [-0.3, -0.25) is 4.79 Å². The van der Waals surface area contributed by atoms with E-state index in [-0.39, 0.29) is 16.9 Å². The van der Waals surface area contributed by atoms with Gasteiger partial charge in [-0.05, 0) is 117 Å². The quantitative estimate of drug-likeness (QED) is 0.143. The number of ether oxygens (including phenoxy) is 2. The number of benzene rings is 2. The van der Waals surface area contributed by atoms with Gasteiger partial charge in [0.2, 0.25) is 0 Å². The van der Waals surface area contributed by atoms with Gasteiger partial charge in [-0.25, -0.2) is 0 Å². The number of hydrogen-bond donors (Lipinski definition) is 3. The molecule has 53 heavy (non-hydrogen) atoms. The number of carbonyl (C=O) groups excluding carboxylic acids is 1. The number of allylic oxidation sites excluding steroid dienone is 3. The van der Waals surface area contributed by atoms with E-state index in [0.29, 0.717) is 35.8 Å². The lowest BCUT2D eigenvalue weighted by Gasteiger charge is -2.55. The smallest absolute Gasteiger partial charge is 0.169 e.